The van der Waals surface area contributed by atoms with E-state index in [4.69, 9.17) is 26.8 Å². The van der Waals surface area contributed by atoms with Crippen molar-refractivity contribution in [1.82, 2.24) is 0 Å². The highest BCUT2D eigenvalue weighted by Gasteiger charge is 2.08. The summed E-state index contributed by atoms with van der Waals surface area (Å²) < 4.78 is 10.2. The molecule has 0 saturated carbocycles. The zero-order chi connectivity index (χ0) is 17.5. The molecule has 8 heteroatoms. The van der Waals surface area contributed by atoms with Crippen molar-refractivity contribution in [2.24, 2.45) is 10.7 Å². The van der Waals surface area contributed by atoms with E-state index < -0.39 is 6.10 Å². The van der Waals surface area contributed by atoms with Gasteiger partial charge in [-0.1, -0.05) is 23.7 Å². The van der Waals surface area contributed by atoms with E-state index in [0.717, 1.165) is 0 Å². The molecule has 2 rings (SSSR count). The van der Waals surface area contributed by atoms with Crippen molar-refractivity contribution in [3.63, 3.8) is 0 Å². The standard InChI is InChI=1S/C17H20ClN3O3.HI/c1-23-13-5-3-4-11(8-13)15(22)10-20-17(19)21-12-6-7-16(24-2)14(18)9-12;/h3-9,15,22H,10H2,1-2H3,(H3,19,20,21);1H. The minimum Gasteiger partial charge on any atom is -0.497 e. The predicted molar refractivity (Wildman–Crippen MR) is 111 cm³/mol. The topological polar surface area (TPSA) is 89.1 Å². The summed E-state index contributed by atoms with van der Waals surface area (Å²) in [5.74, 6) is 1.43. The van der Waals surface area contributed by atoms with Crippen LogP contribution in [0, 0.1) is 0 Å². The van der Waals surface area contributed by atoms with Crippen molar-refractivity contribution in [1.29, 1.82) is 0 Å². The number of hydrogen-bond donors (Lipinski definition) is 3. The van der Waals surface area contributed by atoms with Crippen molar-refractivity contribution in [2.75, 3.05) is 26.1 Å². The van der Waals surface area contributed by atoms with Crippen LogP contribution in [0.4, 0.5) is 5.69 Å². The molecule has 0 amide bonds. The smallest absolute Gasteiger partial charge is 0.193 e. The van der Waals surface area contributed by atoms with Crippen LogP contribution in [-0.2, 0) is 0 Å². The number of guanidine groups is 1. The van der Waals surface area contributed by atoms with Crippen LogP contribution >= 0.6 is 35.6 Å². The number of ether oxygens (including phenoxy) is 2. The zero-order valence-corrected chi connectivity index (χ0v) is 17.0. The van der Waals surface area contributed by atoms with Gasteiger partial charge in [-0.2, -0.15) is 0 Å². The summed E-state index contributed by atoms with van der Waals surface area (Å²) in [6.07, 6.45) is -0.778. The molecule has 0 heterocycles. The first-order valence-electron chi connectivity index (χ1n) is 7.26. The van der Waals surface area contributed by atoms with Crippen molar-refractivity contribution in [2.45, 2.75) is 6.10 Å². The highest BCUT2D eigenvalue weighted by molar-refractivity contribution is 14.0. The molecule has 0 aliphatic carbocycles. The van der Waals surface area contributed by atoms with E-state index in [1.165, 1.54) is 0 Å². The number of aliphatic imine (C=N–C) groups is 1. The predicted octanol–water partition coefficient (Wildman–Crippen LogP) is 3.44. The van der Waals surface area contributed by atoms with Gasteiger partial charge >= 0.3 is 0 Å². The second-order valence-corrected chi connectivity index (χ2v) is 5.40. The molecule has 0 bridgehead atoms. The molecular formula is C17H21ClIN3O3. The molecule has 0 saturated heterocycles. The van der Waals surface area contributed by atoms with Crippen molar-refractivity contribution < 1.29 is 14.6 Å². The largest absolute Gasteiger partial charge is 0.497 e. The number of nitrogens with one attached hydrogen (secondary N) is 1. The third-order valence-corrected chi connectivity index (χ3v) is 3.63. The van der Waals surface area contributed by atoms with Crippen molar-refractivity contribution in [3.05, 3.63) is 53.1 Å². The molecule has 0 fully saturated rings. The van der Waals surface area contributed by atoms with E-state index >= 15 is 0 Å². The van der Waals surface area contributed by atoms with Gasteiger partial charge in [0.2, 0.25) is 0 Å². The number of aliphatic hydroxyl groups is 1. The number of nitrogens with two attached hydrogens (primary N) is 1. The average Bonchev–Trinajstić information content (AvgIpc) is 2.60. The molecule has 4 N–H and O–H groups in total. The van der Waals surface area contributed by atoms with Gasteiger partial charge in [-0.15, -0.1) is 24.0 Å². The molecule has 0 radical (unpaired) electrons. The van der Waals surface area contributed by atoms with Crippen LogP contribution in [0.25, 0.3) is 0 Å². The lowest BCUT2D eigenvalue weighted by Gasteiger charge is -2.11. The van der Waals surface area contributed by atoms with E-state index in [1.54, 1.807) is 44.6 Å². The van der Waals surface area contributed by atoms with E-state index in [-0.39, 0.29) is 36.5 Å². The fourth-order valence-corrected chi connectivity index (χ4v) is 2.33. The molecule has 0 aromatic heterocycles. The first-order valence-corrected chi connectivity index (χ1v) is 7.63. The van der Waals surface area contributed by atoms with Gasteiger partial charge in [0.15, 0.2) is 5.96 Å². The van der Waals surface area contributed by atoms with Crippen molar-refractivity contribution >= 4 is 47.2 Å². The molecule has 0 aliphatic rings. The van der Waals surface area contributed by atoms with E-state index in [1.807, 2.05) is 12.1 Å². The Morgan fingerprint density at radius 3 is 2.64 bits per heavy atom. The summed E-state index contributed by atoms with van der Waals surface area (Å²) >= 11 is 6.05. The monoisotopic (exact) mass is 477 g/mol. The van der Waals surface area contributed by atoms with Crippen LogP contribution < -0.4 is 20.5 Å². The van der Waals surface area contributed by atoms with Crippen LogP contribution in [-0.4, -0.2) is 31.8 Å². The average molecular weight is 478 g/mol. The Hall–Kier alpha value is -1.71. The Labute approximate surface area is 169 Å². The van der Waals surface area contributed by atoms with Gasteiger partial charge in [-0.05, 0) is 35.9 Å². The van der Waals surface area contributed by atoms with Crippen LogP contribution in [0.15, 0.2) is 47.5 Å². The summed E-state index contributed by atoms with van der Waals surface area (Å²) in [4.78, 5) is 4.14. The minimum absolute atomic E-state index is 0. The third kappa shape index (κ3) is 6.26. The zero-order valence-electron chi connectivity index (χ0n) is 13.9. The highest BCUT2D eigenvalue weighted by Crippen LogP contribution is 2.27. The molecule has 0 spiro atoms. The second kappa shape index (κ2) is 10.3. The quantitative estimate of drug-likeness (QED) is 0.337. The molecular weight excluding hydrogens is 457 g/mol. The van der Waals surface area contributed by atoms with Gasteiger partial charge < -0.3 is 25.6 Å². The lowest BCUT2D eigenvalue weighted by Crippen LogP contribution is -2.23. The summed E-state index contributed by atoms with van der Waals surface area (Å²) in [5, 5.41) is 13.6. The molecule has 2 aromatic carbocycles. The van der Waals surface area contributed by atoms with E-state index in [0.29, 0.717) is 27.8 Å². The number of halogens is 2. The maximum Gasteiger partial charge on any atom is 0.193 e. The first-order chi connectivity index (χ1) is 11.5. The third-order valence-electron chi connectivity index (χ3n) is 3.34. The van der Waals surface area contributed by atoms with Crippen LogP contribution in [0.5, 0.6) is 11.5 Å². The van der Waals surface area contributed by atoms with Gasteiger partial charge in [-0.25, -0.2) is 0 Å². The minimum atomic E-state index is -0.778. The maximum atomic E-state index is 10.2. The van der Waals surface area contributed by atoms with Gasteiger partial charge in [0, 0.05) is 5.69 Å². The van der Waals surface area contributed by atoms with Crippen LogP contribution in [0.1, 0.15) is 11.7 Å². The fraction of sp³-hybridized carbons (Fsp3) is 0.235. The lowest BCUT2D eigenvalue weighted by molar-refractivity contribution is 0.187. The van der Waals surface area contributed by atoms with Gasteiger partial charge in [0.1, 0.15) is 11.5 Å². The Morgan fingerprint density at radius 2 is 2.00 bits per heavy atom. The molecule has 2 aromatic rings. The first kappa shape index (κ1) is 21.3. The number of nitrogens with zero attached hydrogens (tertiary/aromatic N) is 1. The summed E-state index contributed by atoms with van der Waals surface area (Å²) in [5.41, 5.74) is 7.22. The Balaban J connectivity index is 0.00000312. The maximum absolute atomic E-state index is 10.2. The van der Waals surface area contributed by atoms with Crippen LogP contribution in [0.2, 0.25) is 5.02 Å². The summed E-state index contributed by atoms with van der Waals surface area (Å²) in [7, 11) is 3.12. The summed E-state index contributed by atoms with van der Waals surface area (Å²) in [6, 6.07) is 12.4. The molecule has 136 valence electrons. The number of rotatable bonds is 6. The molecule has 1 atom stereocenters. The normalized spacial score (nSPS) is 12.1. The number of benzene rings is 2. The summed E-state index contributed by atoms with van der Waals surface area (Å²) in [6.45, 7) is 0.121. The van der Waals surface area contributed by atoms with Gasteiger partial charge in [-0.3, -0.25) is 4.99 Å². The number of aliphatic hydroxyl groups excluding tert-OH is 1. The lowest BCUT2D eigenvalue weighted by atomic mass is 10.1. The Morgan fingerprint density at radius 1 is 1.24 bits per heavy atom. The van der Waals surface area contributed by atoms with Gasteiger partial charge in [0.05, 0.1) is 31.9 Å². The van der Waals surface area contributed by atoms with Gasteiger partial charge in [0.25, 0.3) is 0 Å². The highest BCUT2D eigenvalue weighted by atomic mass is 127. The molecule has 6 nitrogen and oxygen atoms in total. The van der Waals surface area contributed by atoms with E-state index in [2.05, 4.69) is 10.3 Å². The Kier molecular flexibility index (Phi) is 8.81. The van der Waals surface area contributed by atoms with E-state index in [9.17, 15) is 5.11 Å². The fourth-order valence-electron chi connectivity index (χ4n) is 2.07. The molecule has 25 heavy (non-hydrogen) atoms. The van der Waals surface area contributed by atoms with Crippen LogP contribution in [0.3, 0.4) is 0 Å². The number of methoxy groups -OCH3 is 2. The van der Waals surface area contributed by atoms with Crippen molar-refractivity contribution in [3.8, 4) is 11.5 Å². The Bertz CT molecular complexity index is 728. The SMILES string of the molecule is COc1cccc(C(O)CN=C(N)Nc2ccc(OC)c(Cl)c2)c1.I. The number of anilines is 1. The second-order valence-electron chi connectivity index (χ2n) is 4.99. The molecule has 1 unspecified atom stereocenters. The number of hydrogen-bond acceptors (Lipinski definition) is 4. The molecule has 0 aliphatic heterocycles.